The summed E-state index contributed by atoms with van der Waals surface area (Å²) in [7, 11) is 0. The third kappa shape index (κ3) is 3.51. The average molecular weight is 304 g/mol. The van der Waals surface area contributed by atoms with Crippen LogP contribution in [0.4, 0.5) is 0 Å². The number of hydrogen-bond acceptors (Lipinski definition) is 4. The smallest absolute Gasteiger partial charge is 0.0622 e. The maximum atomic E-state index is 9.42. The summed E-state index contributed by atoms with van der Waals surface area (Å²) >= 11 is 0. The van der Waals surface area contributed by atoms with E-state index in [1.54, 1.807) is 0 Å². The van der Waals surface area contributed by atoms with Crippen LogP contribution in [0.15, 0.2) is 30.3 Å². The Morgan fingerprint density at radius 1 is 1.18 bits per heavy atom. The van der Waals surface area contributed by atoms with E-state index >= 15 is 0 Å². The van der Waals surface area contributed by atoms with Gasteiger partial charge in [0.1, 0.15) is 0 Å². The van der Waals surface area contributed by atoms with E-state index in [1.165, 1.54) is 18.5 Å². The molecule has 0 radical (unpaired) electrons. The van der Waals surface area contributed by atoms with E-state index in [2.05, 4.69) is 47.1 Å². The molecule has 0 saturated carbocycles. The van der Waals surface area contributed by atoms with Gasteiger partial charge >= 0.3 is 0 Å². The SMILES string of the molecule is CCN1C[C@@H](COCC2CCN2Cc2ccccc2)C1CO. The number of ether oxygens (including phenoxy) is 1. The molecule has 2 heterocycles. The molecule has 2 saturated heterocycles. The number of nitrogens with zero attached hydrogens (tertiary/aromatic N) is 2. The zero-order chi connectivity index (χ0) is 15.4. The molecule has 1 aromatic carbocycles. The molecule has 2 aliphatic rings. The molecular formula is C18H28N2O2. The van der Waals surface area contributed by atoms with Crippen LogP contribution in [0.5, 0.6) is 0 Å². The van der Waals surface area contributed by atoms with Gasteiger partial charge in [0.2, 0.25) is 0 Å². The summed E-state index contributed by atoms with van der Waals surface area (Å²) in [5.41, 5.74) is 1.38. The minimum Gasteiger partial charge on any atom is -0.395 e. The van der Waals surface area contributed by atoms with Crippen LogP contribution in [0, 0.1) is 5.92 Å². The van der Waals surface area contributed by atoms with Crippen LogP contribution in [0.1, 0.15) is 18.9 Å². The summed E-state index contributed by atoms with van der Waals surface area (Å²) in [5, 5.41) is 9.42. The molecule has 2 aliphatic heterocycles. The van der Waals surface area contributed by atoms with Crippen LogP contribution >= 0.6 is 0 Å². The number of rotatable bonds is 8. The first-order valence-electron chi connectivity index (χ1n) is 8.52. The van der Waals surface area contributed by atoms with Crippen molar-refractivity contribution in [3.05, 3.63) is 35.9 Å². The largest absolute Gasteiger partial charge is 0.395 e. The summed E-state index contributed by atoms with van der Waals surface area (Å²) in [6.45, 7) is 8.32. The summed E-state index contributed by atoms with van der Waals surface area (Å²) in [4.78, 5) is 4.82. The van der Waals surface area contributed by atoms with Gasteiger partial charge < -0.3 is 9.84 Å². The van der Waals surface area contributed by atoms with E-state index in [4.69, 9.17) is 4.74 Å². The molecule has 3 rings (SSSR count). The number of aliphatic hydroxyl groups is 1. The second-order valence-electron chi connectivity index (χ2n) is 6.53. The Morgan fingerprint density at radius 3 is 2.64 bits per heavy atom. The van der Waals surface area contributed by atoms with Crippen molar-refractivity contribution in [2.24, 2.45) is 5.92 Å². The van der Waals surface area contributed by atoms with Crippen LogP contribution in [0.25, 0.3) is 0 Å². The lowest BCUT2D eigenvalue weighted by molar-refractivity contribution is -0.0753. The minimum absolute atomic E-state index is 0.255. The molecule has 0 bridgehead atoms. The van der Waals surface area contributed by atoms with Crippen molar-refractivity contribution in [1.82, 2.24) is 9.80 Å². The molecule has 2 fully saturated rings. The van der Waals surface area contributed by atoms with E-state index in [1.807, 2.05) is 0 Å². The van der Waals surface area contributed by atoms with Crippen LogP contribution in [-0.4, -0.2) is 66.4 Å². The van der Waals surface area contributed by atoms with Gasteiger partial charge in [-0.2, -0.15) is 0 Å². The highest BCUT2D eigenvalue weighted by molar-refractivity contribution is 5.15. The Hall–Kier alpha value is -0.940. The van der Waals surface area contributed by atoms with Gasteiger partial charge in [-0.1, -0.05) is 37.3 Å². The minimum atomic E-state index is 0.255. The lowest BCUT2D eigenvalue weighted by Gasteiger charge is -2.47. The second-order valence-corrected chi connectivity index (χ2v) is 6.53. The molecule has 4 nitrogen and oxygen atoms in total. The Morgan fingerprint density at radius 2 is 2.00 bits per heavy atom. The van der Waals surface area contributed by atoms with Crippen molar-refractivity contribution in [3.63, 3.8) is 0 Å². The van der Waals surface area contributed by atoms with E-state index < -0.39 is 0 Å². The summed E-state index contributed by atoms with van der Waals surface area (Å²) in [6, 6.07) is 11.5. The quantitative estimate of drug-likeness (QED) is 0.791. The molecule has 0 spiro atoms. The monoisotopic (exact) mass is 304 g/mol. The normalized spacial score (nSPS) is 29.1. The van der Waals surface area contributed by atoms with E-state index in [0.717, 1.165) is 32.8 Å². The molecule has 122 valence electrons. The number of benzene rings is 1. The molecule has 0 aromatic heterocycles. The molecule has 2 unspecified atom stereocenters. The number of likely N-dealkylation sites (N-methyl/N-ethyl adjacent to an activating group) is 1. The van der Waals surface area contributed by atoms with Gasteiger partial charge in [-0.05, 0) is 18.5 Å². The van der Waals surface area contributed by atoms with Crippen LogP contribution < -0.4 is 0 Å². The zero-order valence-corrected chi connectivity index (χ0v) is 13.5. The zero-order valence-electron chi connectivity index (χ0n) is 13.5. The van der Waals surface area contributed by atoms with Crippen molar-refractivity contribution < 1.29 is 9.84 Å². The first-order chi connectivity index (χ1) is 10.8. The van der Waals surface area contributed by atoms with Gasteiger partial charge in [0.25, 0.3) is 0 Å². The Bertz CT molecular complexity index is 454. The lowest BCUT2D eigenvalue weighted by atomic mass is 9.90. The fraction of sp³-hybridized carbons (Fsp3) is 0.667. The highest BCUT2D eigenvalue weighted by Gasteiger charge is 2.37. The van der Waals surface area contributed by atoms with E-state index in [0.29, 0.717) is 18.0 Å². The Labute approximate surface area is 133 Å². The maximum absolute atomic E-state index is 9.42. The lowest BCUT2D eigenvalue weighted by Crippen LogP contribution is -2.59. The molecule has 4 heteroatoms. The maximum Gasteiger partial charge on any atom is 0.0622 e. The van der Waals surface area contributed by atoms with Crippen LogP contribution in [0.2, 0.25) is 0 Å². The number of hydrogen-bond donors (Lipinski definition) is 1. The average Bonchev–Trinajstić information content (AvgIpc) is 2.51. The van der Waals surface area contributed by atoms with Crippen LogP contribution in [-0.2, 0) is 11.3 Å². The third-order valence-electron chi connectivity index (χ3n) is 5.21. The van der Waals surface area contributed by atoms with Gasteiger partial charge in [0.15, 0.2) is 0 Å². The Kier molecular flexibility index (Phi) is 5.47. The van der Waals surface area contributed by atoms with Gasteiger partial charge in [-0.25, -0.2) is 0 Å². The van der Waals surface area contributed by atoms with E-state index in [-0.39, 0.29) is 6.61 Å². The Balaban J connectivity index is 1.36. The standard InChI is InChI=1S/C18H28N2O2/c1-2-19-11-16(18(19)12-21)13-22-14-17-8-9-20(17)10-15-6-4-3-5-7-15/h3-7,16-18,21H,2,8-14H2,1H3/t16-,17?,18?/m0/s1. The predicted octanol–water partition coefficient (Wildman–Crippen LogP) is 1.59. The topological polar surface area (TPSA) is 35.9 Å². The van der Waals surface area contributed by atoms with Crippen molar-refractivity contribution in [3.8, 4) is 0 Å². The number of likely N-dealkylation sites (tertiary alicyclic amines) is 2. The summed E-state index contributed by atoms with van der Waals surface area (Å²) < 4.78 is 5.95. The number of aliphatic hydroxyl groups excluding tert-OH is 1. The fourth-order valence-electron chi connectivity index (χ4n) is 3.57. The van der Waals surface area contributed by atoms with Gasteiger partial charge in [-0.15, -0.1) is 0 Å². The molecule has 22 heavy (non-hydrogen) atoms. The molecule has 0 amide bonds. The summed E-state index contributed by atoms with van der Waals surface area (Å²) in [5.74, 6) is 0.507. The highest BCUT2D eigenvalue weighted by Crippen LogP contribution is 2.25. The van der Waals surface area contributed by atoms with Gasteiger partial charge in [0.05, 0.1) is 19.8 Å². The van der Waals surface area contributed by atoms with Gasteiger partial charge in [-0.3, -0.25) is 9.80 Å². The first-order valence-corrected chi connectivity index (χ1v) is 8.52. The molecule has 0 aliphatic carbocycles. The third-order valence-corrected chi connectivity index (χ3v) is 5.21. The van der Waals surface area contributed by atoms with E-state index in [9.17, 15) is 5.11 Å². The first kappa shape index (κ1) is 15.9. The van der Waals surface area contributed by atoms with Gasteiger partial charge in [0, 0.05) is 37.6 Å². The second kappa shape index (κ2) is 7.55. The van der Waals surface area contributed by atoms with Crippen LogP contribution in [0.3, 0.4) is 0 Å². The molecular weight excluding hydrogens is 276 g/mol. The van der Waals surface area contributed by atoms with Crippen molar-refractivity contribution >= 4 is 0 Å². The molecule has 3 atom stereocenters. The fourth-order valence-corrected chi connectivity index (χ4v) is 3.57. The highest BCUT2D eigenvalue weighted by atomic mass is 16.5. The predicted molar refractivity (Wildman–Crippen MR) is 87.7 cm³/mol. The molecule has 1 aromatic rings. The van der Waals surface area contributed by atoms with Crippen molar-refractivity contribution in [1.29, 1.82) is 0 Å². The summed E-state index contributed by atoms with van der Waals surface area (Å²) in [6.07, 6.45) is 1.24. The van der Waals surface area contributed by atoms with Crippen molar-refractivity contribution in [2.75, 3.05) is 39.5 Å². The molecule has 1 N–H and O–H groups in total. The van der Waals surface area contributed by atoms with Crippen molar-refractivity contribution in [2.45, 2.75) is 32.0 Å².